The van der Waals surface area contributed by atoms with Crippen LogP contribution in [0, 0.1) is 11.8 Å². The second-order valence-corrected chi connectivity index (χ2v) is 6.09. The molecule has 5 heteroatoms. The Hall–Kier alpha value is -1.36. The summed E-state index contributed by atoms with van der Waals surface area (Å²) in [7, 11) is 0. The van der Waals surface area contributed by atoms with E-state index in [9.17, 15) is 9.59 Å². The molecule has 2 unspecified atom stereocenters. The third kappa shape index (κ3) is 3.80. The van der Waals surface area contributed by atoms with E-state index in [1.54, 1.807) is 16.2 Å². The first-order chi connectivity index (χ1) is 9.06. The Kier molecular flexibility index (Phi) is 4.58. The minimum absolute atomic E-state index is 0.0731. The molecule has 2 rings (SSSR count). The molecule has 0 spiro atoms. The van der Waals surface area contributed by atoms with Gasteiger partial charge in [0.1, 0.15) is 0 Å². The lowest BCUT2D eigenvalue weighted by molar-refractivity contribution is -0.146. The molecule has 104 valence electrons. The van der Waals surface area contributed by atoms with Gasteiger partial charge in [-0.25, -0.2) is 0 Å². The van der Waals surface area contributed by atoms with Gasteiger partial charge in [0.2, 0.25) is 5.91 Å². The maximum atomic E-state index is 12.1. The fourth-order valence-corrected chi connectivity index (χ4v) is 3.28. The number of piperidine rings is 1. The van der Waals surface area contributed by atoms with E-state index in [1.807, 2.05) is 23.8 Å². The fourth-order valence-electron chi connectivity index (χ4n) is 2.58. The van der Waals surface area contributed by atoms with Gasteiger partial charge in [0.05, 0.1) is 5.92 Å². The monoisotopic (exact) mass is 281 g/mol. The molecule has 4 nitrogen and oxygen atoms in total. The van der Waals surface area contributed by atoms with Crippen molar-refractivity contribution in [1.82, 2.24) is 4.90 Å². The molecule has 0 aromatic carbocycles. The average Bonchev–Trinajstić information content (AvgIpc) is 2.88. The highest BCUT2D eigenvalue weighted by atomic mass is 32.1. The van der Waals surface area contributed by atoms with Gasteiger partial charge in [0, 0.05) is 19.5 Å². The van der Waals surface area contributed by atoms with Gasteiger partial charge in [-0.1, -0.05) is 6.92 Å². The molecule has 0 radical (unpaired) electrons. The predicted molar refractivity (Wildman–Crippen MR) is 74.1 cm³/mol. The summed E-state index contributed by atoms with van der Waals surface area (Å²) in [5.41, 5.74) is 1.18. The molecule has 1 aromatic rings. The van der Waals surface area contributed by atoms with Crippen molar-refractivity contribution in [2.45, 2.75) is 26.2 Å². The van der Waals surface area contributed by atoms with Crippen molar-refractivity contribution >= 4 is 23.2 Å². The molecule has 1 saturated heterocycles. The number of carboxylic acids is 1. The number of aryl methyl sites for hydroxylation is 1. The third-order valence-electron chi connectivity index (χ3n) is 3.57. The first-order valence-electron chi connectivity index (χ1n) is 6.58. The van der Waals surface area contributed by atoms with E-state index < -0.39 is 11.9 Å². The van der Waals surface area contributed by atoms with Crippen LogP contribution in [0.1, 0.15) is 25.3 Å². The van der Waals surface area contributed by atoms with Crippen molar-refractivity contribution in [2.75, 3.05) is 13.1 Å². The summed E-state index contributed by atoms with van der Waals surface area (Å²) in [6, 6.07) is 2.02. The number of carbonyl (C=O) groups is 2. The van der Waals surface area contributed by atoms with Crippen LogP contribution < -0.4 is 0 Å². The zero-order chi connectivity index (χ0) is 13.8. The van der Waals surface area contributed by atoms with Crippen LogP contribution in [-0.2, 0) is 16.0 Å². The standard InChI is InChI=1S/C14H19NO3S/c1-10-6-12(14(17)18)8-15(7-10)13(16)3-2-11-4-5-19-9-11/h4-5,9-10,12H,2-3,6-8H2,1H3,(H,17,18). The van der Waals surface area contributed by atoms with Crippen molar-refractivity contribution in [3.63, 3.8) is 0 Å². The van der Waals surface area contributed by atoms with Crippen LogP contribution in [0.2, 0.25) is 0 Å². The summed E-state index contributed by atoms with van der Waals surface area (Å²) in [6.45, 7) is 3.06. The lowest BCUT2D eigenvalue weighted by atomic mass is 9.90. The summed E-state index contributed by atoms with van der Waals surface area (Å²) in [5.74, 6) is -0.861. The van der Waals surface area contributed by atoms with Gasteiger partial charge in [-0.2, -0.15) is 11.3 Å². The summed E-state index contributed by atoms with van der Waals surface area (Å²) in [5, 5.41) is 13.2. The molecule has 1 aromatic heterocycles. The van der Waals surface area contributed by atoms with Crippen LogP contribution in [0.3, 0.4) is 0 Å². The smallest absolute Gasteiger partial charge is 0.308 e. The third-order valence-corrected chi connectivity index (χ3v) is 4.30. The summed E-state index contributed by atoms with van der Waals surface area (Å²) >= 11 is 1.63. The van der Waals surface area contributed by atoms with E-state index in [0.717, 1.165) is 6.42 Å². The second kappa shape index (κ2) is 6.19. The van der Waals surface area contributed by atoms with Crippen LogP contribution in [0.4, 0.5) is 0 Å². The molecular weight excluding hydrogens is 262 g/mol. The van der Waals surface area contributed by atoms with Gasteiger partial charge in [-0.3, -0.25) is 9.59 Å². The Morgan fingerprint density at radius 2 is 2.26 bits per heavy atom. The van der Waals surface area contributed by atoms with Crippen molar-refractivity contribution in [3.8, 4) is 0 Å². The largest absolute Gasteiger partial charge is 0.481 e. The number of likely N-dealkylation sites (tertiary alicyclic amines) is 1. The van der Waals surface area contributed by atoms with E-state index in [1.165, 1.54) is 5.56 Å². The molecule has 1 aliphatic heterocycles. The first-order valence-corrected chi connectivity index (χ1v) is 7.52. The molecule has 0 bridgehead atoms. The van der Waals surface area contributed by atoms with Crippen molar-refractivity contribution in [3.05, 3.63) is 22.4 Å². The number of nitrogens with zero attached hydrogens (tertiary/aromatic N) is 1. The van der Waals surface area contributed by atoms with Crippen LogP contribution in [0.15, 0.2) is 16.8 Å². The number of thiophene rings is 1. The number of aliphatic carboxylic acids is 1. The highest BCUT2D eigenvalue weighted by Gasteiger charge is 2.31. The van der Waals surface area contributed by atoms with E-state index >= 15 is 0 Å². The van der Waals surface area contributed by atoms with Gasteiger partial charge in [-0.05, 0) is 41.1 Å². The Morgan fingerprint density at radius 1 is 1.47 bits per heavy atom. The molecule has 19 heavy (non-hydrogen) atoms. The Labute approximate surface area is 117 Å². The lowest BCUT2D eigenvalue weighted by Gasteiger charge is -2.34. The summed E-state index contributed by atoms with van der Waals surface area (Å²) in [4.78, 5) is 24.9. The number of hydrogen-bond donors (Lipinski definition) is 1. The average molecular weight is 281 g/mol. The SMILES string of the molecule is CC1CC(C(=O)O)CN(C(=O)CCc2ccsc2)C1. The quantitative estimate of drug-likeness (QED) is 0.921. The number of hydrogen-bond acceptors (Lipinski definition) is 3. The van der Waals surface area contributed by atoms with Crippen LogP contribution in [-0.4, -0.2) is 35.0 Å². The molecule has 0 aliphatic carbocycles. The minimum atomic E-state index is -0.790. The first kappa shape index (κ1) is 14.1. The van der Waals surface area contributed by atoms with Gasteiger partial charge < -0.3 is 10.0 Å². The molecule has 1 aliphatic rings. The maximum Gasteiger partial charge on any atom is 0.308 e. The van der Waals surface area contributed by atoms with E-state index in [0.29, 0.717) is 25.9 Å². The topological polar surface area (TPSA) is 57.6 Å². The van der Waals surface area contributed by atoms with Crippen molar-refractivity contribution < 1.29 is 14.7 Å². The van der Waals surface area contributed by atoms with Gasteiger partial charge in [0.15, 0.2) is 0 Å². The Bertz CT molecular complexity index is 444. The zero-order valence-corrected chi connectivity index (χ0v) is 11.9. The molecule has 1 fully saturated rings. The second-order valence-electron chi connectivity index (χ2n) is 5.31. The number of carboxylic acid groups (broad SMARTS) is 1. The molecule has 0 saturated carbocycles. The summed E-state index contributed by atoms with van der Waals surface area (Å²) in [6.07, 6.45) is 1.88. The minimum Gasteiger partial charge on any atom is -0.481 e. The summed E-state index contributed by atoms with van der Waals surface area (Å²) < 4.78 is 0. The normalized spacial score (nSPS) is 23.3. The molecular formula is C14H19NO3S. The highest BCUT2D eigenvalue weighted by molar-refractivity contribution is 7.07. The Morgan fingerprint density at radius 3 is 2.89 bits per heavy atom. The zero-order valence-electron chi connectivity index (χ0n) is 11.0. The number of carbonyl (C=O) groups excluding carboxylic acids is 1. The predicted octanol–water partition coefficient (Wildman–Crippen LogP) is 2.25. The van der Waals surface area contributed by atoms with E-state index in [4.69, 9.17) is 5.11 Å². The molecule has 1 N–H and O–H groups in total. The molecule has 2 heterocycles. The highest BCUT2D eigenvalue weighted by Crippen LogP contribution is 2.22. The molecule has 1 amide bonds. The lowest BCUT2D eigenvalue weighted by Crippen LogP contribution is -2.45. The van der Waals surface area contributed by atoms with Gasteiger partial charge in [-0.15, -0.1) is 0 Å². The van der Waals surface area contributed by atoms with Gasteiger partial charge in [0.25, 0.3) is 0 Å². The van der Waals surface area contributed by atoms with E-state index in [2.05, 4.69) is 0 Å². The van der Waals surface area contributed by atoms with Crippen molar-refractivity contribution in [2.24, 2.45) is 11.8 Å². The van der Waals surface area contributed by atoms with Crippen LogP contribution in [0.25, 0.3) is 0 Å². The number of amides is 1. The van der Waals surface area contributed by atoms with Gasteiger partial charge >= 0.3 is 5.97 Å². The van der Waals surface area contributed by atoms with Crippen LogP contribution in [0.5, 0.6) is 0 Å². The molecule has 2 atom stereocenters. The fraction of sp³-hybridized carbons (Fsp3) is 0.571. The maximum absolute atomic E-state index is 12.1. The van der Waals surface area contributed by atoms with Crippen molar-refractivity contribution in [1.29, 1.82) is 0 Å². The van der Waals surface area contributed by atoms with E-state index in [-0.39, 0.29) is 11.8 Å². The van der Waals surface area contributed by atoms with Crippen LogP contribution >= 0.6 is 11.3 Å². The Balaban J connectivity index is 1.89. The number of rotatable bonds is 4.